The molecule has 0 atom stereocenters. The minimum absolute atomic E-state index is 0.224. The summed E-state index contributed by atoms with van der Waals surface area (Å²) >= 11 is 5.96. The molecule has 0 unspecified atom stereocenters. The maximum atomic E-state index is 11.0. The van der Waals surface area contributed by atoms with Crippen molar-refractivity contribution < 1.29 is 14.6 Å². The molecule has 6 heteroatoms. The molecule has 0 spiro atoms. The number of halogens is 1. The SMILES string of the molecule is O=C(O)c1ccc(N/N=C\c2c(OCc3ccc(Cl)cc3)ccc3ccccc23)cc1. The van der Waals surface area contributed by atoms with E-state index < -0.39 is 5.97 Å². The van der Waals surface area contributed by atoms with Crippen LogP contribution in [0.5, 0.6) is 5.75 Å². The number of carboxylic acids is 1. The molecule has 0 radical (unpaired) electrons. The lowest BCUT2D eigenvalue weighted by Gasteiger charge is -2.12. The van der Waals surface area contributed by atoms with E-state index in [1.54, 1.807) is 18.3 Å². The molecule has 0 heterocycles. The maximum Gasteiger partial charge on any atom is 0.335 e. The first-order chi connectivity index (χ1) is 15.1. The second-order valence-corrected chi connectivity index (χ2v) is 7.30. The van der Waals surface area contributed by atoms with Gasteiger partial charge in [0.05, 0.1) is 17.5 Å². The molecule has 0 amide bonds. The number of ether oxygens (including phenoxy) is 1. The van der Waals surface area contributed by atoms with Crippen molar-refractivity contribution in [1.29, 1.82) is 0 Å². The third-order valence-corrected chi connectivity index (χ3v) is 5.01. The van der Waals surface area contributed by atoms with E-state index in [4.69, 9.17) is 21.4 Å². The summed E-state index contributed by atoms with van der Waals surface area (Å²) in [5, 5.41) is 16.1. The molecule has 4 rings (SSSR count). The molecule has 0 saturated heterocycles. The van der Waals surface area contributed by atoms with Gasteiger partial charge in [-0.15, -0.1) is 0 Å². The Morgan fingerprint density at radius 3 is 2.45 bits per heavy atom. The normalized spacial score (nSPS) is 11.0. The Kier molecular flexibility index (Phi) is 6.15. The fourth-order valence-electron chi connectivity index (χ4n) is 3.14. The van der Waals surface area contributed by atoms with Gasteiger partial charge in [0.1, 0.15) is 12.4 Å². The highest BCUT2D eigenvalue weighted by molar-refractivity contribution is 6.30. The highest BCUT2D eigenvalue weighted by Gasteiger charge is 2.08. The fraction of sp³-hybridized carbons (Fsp3) is 0.0400. The number of hydrogen-bond acceptors (Lipinski definition) is 4. The van der Waals surface area contributed by atoms with E-state index in [2.05, 4.69) is 10.5 Å². The van der Waals surface area contributed by atoms with Crippen LogP contribution in [0.3, 0.4) is 0 Å². The van der Waals surface area contributed by atoms with Gasteiger partial charge in [0.15, 0.2) is 0 Å². The van der Waals surface area contributed by atoms with Crippen molar-refractivity contribution in [1.82, 2.24) is 0 Å². The first kappa shape index (κ1) is 20.4. The van der Waals surface area contributed by atoms with E-state index in [-0.39, 0.29) is 5.56 Å². The summed E-state index contributed by atoms with van der Waals surface area (Å²) in [7, 11) is 0. The van der Waals surface area contributed by atoms with Gasteiger partial charge >= 0.3 is 5.97 Å². The van der Waals surface area contributed by atoms with Crippen molar-refractivity contribution in [3.63, 3.8) is 0 Å². The minimum atomic E-state index is -0.965. The average molecular weight is 431 g/mol. The molecule has 31 heavy (non-hydrogen) atoms. The molecule has 5 nitrogen and oxygen atoms in total. The highest BCUT2D eigenvalue weighted by Crippen LogP contribution is 2.27. The molecule has 0 fully saturated rings. The Balaban J connectivity index is 1.58. The molecular weight excluding hydrogens is 412 g/mol. The van der Waals surface area contributed by atoms with Crippen LogP contribution in [-0.4, -0.2) is 17.3 Å². The van der Waals surface area contributed by atoms with Gasteiger partial charge in [-0.25, -0.2) is 4.79 Å². The van der Waals surface area contributed by atoms with Crippen LogP contribution in [0.1, 0.15) is 21.5 Å². The zero-order chi connectivity index (χ0) is 21.6. The quantitative estimate of drug-likeness (QED) is 0.270. The third-order valence-electron chi connectivity index (χ3n) is 4.76. The van der Waals surface area contributed by atoms with Crippen LogP contribution in [-0.2, 0) is 6.61 Å². The van der Waals surface area contributed by atoms with Crippen molar-refractivity contribution in [2.75, 3.05) is 5.43 Å². The fourth-order valence-corrected chi connectivity index (χ4v) is 3.26. The van der Waals surface area contributed by atoms with Crippen molar-refractivity contribution in [2.45, 2.75) is 6.61 Å². The number of nitrogens with zero attached hydrogens (tertiary/aromatic N) is 1. The van der Waals surface area contributed by atoms with Crippen LogP contribution < -0.4 is 10.2 Å². The zero-order valence-electron chi connectivity index (χ0n) is 16.5. The van der Waals surface area contributed by atoms with Gasteiger partial charge < -0.3 is 9.84 Å². The van der Waals surface area contributed by atoms with Gasteiger partial charge in [0.2, 0.25) is 0 Å². The molecule has 0 aliphatic rings. The Morgan fingerprint density at radius 1 is 0.968 bits per heavy atom. The smallest absolute Gasteiger partial charge is 0.335 e. The predicted octanol–water partition coefficient (Wildman–Crippen LogP) is 6.22. The summed E-state index contributed by atoms with van der Waals surface area (Å²) in [5.41, 5.74) is 5.71. The van der Waals surface area contributed by atoms with Crippen LogP contribution >= 0.6 is 11.6 Å². The highest BCUT2D eigenvalue weighted by atomic mass is 35.5. The Bertz CT molecular complexity index is 1240. The van der Waals surface area contributed by atoms with Gasteiger partial charge in [0.25, 0.3) is 0 Å². The molecule has 154 valence electrons. The largest absolute Gasteiger partial charge is 0.488 e. The molecular formula is C25H19ClN2O3. The van der Waals surface area contributed by atoms with E-state index in [0.717, 1.165) is 21.9 Å². The van der Waals surface area contributed by atoms with Crippen LogP contribution in [0.4, 0.5) is 5.69 Å². The van der Waals surface area contributed by atoms with Gasteiger partial charge in [-0.3, -0.25) is 5.43 Å². The number of aromatic carboxylic acids is 1. The maximum absolute atomic E-state index is 11.0. The summed E-state index contributed by atoms with van der Waals surface area (Å²) in [4.78, 5) is 11.0. The summed E-state index contributed by atoms with van der Waals surface area (Å²) in [6, 6.07) is 25.9. The lowest BCUT2D eigenvalue weighted by molar-refractivity contribution is 0.0697. The number of hydrazone groups is 1. The average Bonchev–Trinajstić information content (AvgIpc) is 2.79. The first-order valence-electron chi connectivity index (χ1n) is 9.61. The third kappa shape index (κ3) is 5.02. The lowest BCUT2D eigenvalue weighted by Crippen LogP contribution is -2.00. The summed E-state index contributed by atoms with van der Waals surface area (Å²) in [5.74, 6) is -0.256. The zero-order valence-corrected chi connectivity index (χ0v) is 17.2. The topological polar surface area (TPSA) is 70.9 Å². The predicted molar refractivity (Wildman–Crippen MR) is 124 cm³/mol. The number of rotatable bonds is 7. The molecule has 0 aromatic heterocycles. The lowest BCUT2D eigenvalue weighted by atomic mass is 10.0. The van der Waals surface area contributed by atoms with Crippen LogP contribution in [0.25, 0.3) is 10.8 Å². The van der Waals surface area contributed by atoms with E-state index in [0.29, 0.717) is 23.1 Å². The molecule has 4 aromatic carbocycles. The van der Waals surface area contributed by atoms with Gasteiger partial charge in [0, 0.05) is 10.6 Å². The molecule has 2 N–H and O–H groups in total. The molecule has 4 aromatic rings. The first-order valence-corrected chi connectivity index (χ1v) is 9.99. The van der Waals surface area contributed by atoms with Crippen LogP contribution in [0.15, 0.2) is 90.0 Å². The second kappa shape index (κ2) is 9.32. The van der Waals surface area contributed by atoms with Gasteiger partial charge in [-0.2, -0.15) is 5.10 Å². The van der Waals surface area contributed by atoms with Crippen molar-refractivity contribution >= 4 is 40.2 Å². The molecule has 0 aliphatic carbocycles. The number of anilines is 1. The number of carboxylic acid groups (broad SMARTS) is 1. The number of hydrogen-bond donors (Lipinski definition) is 2. The van der Waals surface area contributed by atoms with E-state index in [1.165, 1.54) is 12.1 Å². The van der Waals surface area contributed by atoms with Crippen molar-refractivity contribution in [2.24, 2.45) is 5.10 Å². The molecule has 0 aliphatic heterocycles. The Hall–Kier alpha value is -3.83. The second-order valence-electron chi connectivity index (χ2n) is 6.87. The summed E-state index contributed by atoms with van der Waals surface area (Å²) < 4.78 is 6.09. The number of fused-ring (bicyclic) bond motifs is 1. The summed E-state index contributed by atoms with van der Waals surface area (Å²) in [6.45, 7) is 0.403. The molecule has 0 saturated carbocycles. The van der Waals surface area contributed by atoms with Crippen LogP contribution in [0, 0.1) is 0 Å². The minimum Gasteiger partial charge on any atom is -0.488 e. The number of nitrogens with one attached hydrogen (secondary N) is 1. The number of carbonyl (C=O) groups is 1. The van der Waals surface area contributed by atoms with Crippen molar-refractivity contribution in [3.05, 3.63) is 107 Å². The molecule has 0 bridgehead atoms. The van der Waals surface area contributed by atoms with E-state index >= 15 is 0 Å². The van der Waals surface area contributed by atoms with Crippen LogP contribution in [0.2, 0.25) is 5.02 Å². The Labute approximate surface area is 184 Å². The number of benzene rings is 4. The van der Waals surface area contributed by atoms with Gasteiger partial charge in [-0.05, 0) is 58.8 Å². The van der Waals surface area contributed by atoms with E-state index in [1.807, 2.05) is 60.7 Å². The Morgan fingerprint density at radius 2 is 1.71 bits per heavy atom. The van der Waals surface area contributed by atoms with Gasteiger partial charge in [-0.1, -0.05) is 54.1 Å². The monoisotopic (exact) mass is 430 g/mol. The van der Waals surface area contributed by atoms with E-state index in [9.17, 15) is 4.79 Å². The standard InChI is InChI=1S/C25H19ClN2O3/c26-20-10-5-17(6-11-20)16-31-24-14-9-18-3-1-2-4-22(18)23(24)15-27-28-21-12-7-19(8-13-21)25(29)30/h1-15,28H,16H2,(H,29,30)/b27-15-. The summed E-state index contributed by atoms with van der Waals surface area (Å²) in [6.07, 6.45) is 1.71. The van der Waals surface area contributed by atoms with Crippen molar-refractivity contribution in [3.8, 4) is 5.75 Å².